The molecule has 90 valence electrons. The molecule has 0 unspecified atom stereocenters. The summed E-state index contributed by atoms with van der Waals surface area (Å²) in [6, 6.07) is 5.80. The predicted molar refractivity (Wildman–Crippen MR) is 69.8 cm³/mol. The summed E-state index contributed by atoms with van der Waals surface area (Å²) in [6.07, 6.45) is 0. The highest BCUT2D eigenvalue weighted by atomic mass is 35.5. The standard InChI is InChI=1S/C13H15ClN2O/c1-8-6-11(4-5-12(8)14)7-16-13(17)9(2)10(3)15-16/h4-6,15H,7H2,1-3H3. The van der Waals surface area contributed by atoms with Crippen LogP contribution in [0.4, 0.5) is 0 Å². The fourth-order valence-corrected chi connectivity index (χ4v) is 1.92. The summed E-state index contributed by atoms with van der Waals surface area (Å²) < 4.78 is 1.62. The molecular formula is C13H15ClN2O. The van der Waals surface area contributed by atoms with Crippen molar-refractivity contribution in [3.8, 4) is 0 Å². The number of nitrogens with zero attached hydrogens (tertiary/aromatic N) is 1. The minimum atomic E-state index is 0.0371. The average Bonchev–Trinajstić information content (AvgIpc) is 2.52. The van der Waals surface area contributed by atoms with E-state index in [1.165, 1.54) is 0 Å². The number of aromatic amines is 1. The molecule has 0 spiro atoms. The summed E-state index contributed by atoms with van der Waals surface area (Å²) in [5, 5.41) is 3.82. The van der Waals surface area contributed by atoms with Crippen molar-refractivity contribution in [2.75, 3.05) is 0 Å². The number of hydrogen-bond acceptors (Lipinski definition) is 1. The SMILES string of the molecule is Cc1cc(Cn2[nH]c(C)c(C)c2=O)ccc1Cl. The number of aryl methyl sites for hydroxylation is 2. The molecule has 0 radical (unpaired) electrons. The van der Waals surface area contributed by atoms with Gasteiger partial charge in [0.1, 0.15) is 0 Å². The molecule has 0 fully saturated rings. The van der Waals surface area contributed by atoms with Gasteiger partial charge in [0.15, 0.2) is 0 Å². The lowest BCUT2D eigenvalue weighted by molar-refractivity contribution is 0.657. The maximum absolute atomic E-state index is 11.9. The van der Waals surface area contributed by atoms with Gasteiger partial charge in [-0.2, -0.15) is 0 Å². The first-order chi connectivity index (χ1) is 7.99. The van der Waals surface area contributed by atoms with Crippen LogP contribution in [-0.4, -0.2) is 9.78 Å². The van der Waals surface area contributed by atoms with Crippen molar-refractivity contribution >= 4 is 11.6 Å². The van der Waals surface area contributed by atoms with Crippen LogP contribution in [0.5, 0.6) is 0 Å². The second kappa shape index (κ2) is 4.41. The molecule has 0 amide bonds. The monoisotopic (exact) mass is 250 g/mol. The smallest absolute Gasteiger partial charge is 0.269 e. The van der Waals surface area contributed by atoms with Gasteiger partial charge >= 0.3 is 0 Å². The summed E-state index contributed by atoms with van der Waals surface area (Å²) >= 11 is 5.97. The highest BCUT2D eigenvalue weighted by molar-refractivity contribution is 6.31. The van der Waals surface area contributed by atoms with Gasteiger partial charge in [0.05, 0.1) is 6.54 Å². The molecule has 1 aromatic carbocycles. The number of halogens is 1. The third kappa shape index (κ3) is 2.29. The van der Waals surface area contributed by atoms with Gasteiger partial charge in [-0.3, -0.25) is 9.89 Å². The summed E-state index contributed by atoms with van der Waals surface area (Å²) in [4.78, 5) is 11.9. The van der Waals surface area contributed by atoms with E-state index in [0.29, 0.717) is 6.54 Å². The summed E-state index contributed by atoms with van der Waals surface area (Å²) in [7, 11) is 0. The molecule has 2 rings (SSSR count). The third-order valence-electron chi connectivity index (χ3n) is 2.99. The normalized spacial score (nSPS) is 10.8. The van der Waals surface area contributed by atoms with E-state index >= 15 is 0 Å². The zero-order valence-electron chi connectivity index (χ0n) is 10.2. The first kappa shape index (κ1) is 12.0. The van der Waals surface area contributed by atoms with E-state index < -0.39 is 0 Å². The van der Waals surface area contributed by atoms with Crippen LogP contribution in [0.15, 0.2) is 23.0 Å². The van der Waals surface area contributed by atoms with E-state index in [0.717, 1.165) is 27.4 Å². The van der Waals surface area contributed by atoms with Crippen LogP contribution in [0, 0.1) is 20.8 Å². The van der Waals surface area contributed by atoms with Crippen molar-refractivity contribution in [1.82, 2.24) is 9.78 Å². The molecule has 2 aromatic rings. The van der Waals surface area contributed by atoms with Crippen LogP contribution in [0.3, 0.4) is 0 Å². The van der Waals surface area contributed by atoms with Gasteiger partial charge in [0.2, 0.25) is 0 Å². The average molecular weight is 251 g/mol. The van der Waals surface area contributed by atoms with Crippen LogP contribution < -0.4 is 5.56 Å². The molecule has 1 N–H and O–H groups in total. The van der Waals surface area contributed by atoms with Crippen molar-refractivity contribution in [3.63, 3.8) is 0 Å². The summed E-state index contributed by atoms with van der Waals surface area (Å²) in [5.41, 5.74) is 3.82. The molecule has 0 aliphatic heterocycles. The number of aromatic nitrogens is 2. The first-order valence-electron chi connectivity index (χ1n) is 5.50. The zero-order valence-corrected chi connectivity index (χ0v) is 10.9. The molecule has 3 nitrogen and oxygen atoms in total. The Morgan fingerprint density at radius 3 is 2.53 bits per heavy atom. The topological polar surface area (TPSA) is 37.8 Å². The van der Waals surface area contributed by atoms with Crippen LogP contribution in [-0.2, 0) is 6.54 Å². The molecule has 1 heterocycles. The predicted octanol–water partition coefficient (Wildman–Crippen LogP) is 2.80. The molecule has 4 heteroatoms. The van der Waals surface area contributed by atoms with Crippen molar-refractivity contribution in [1.29, 1.82) is 0 Å². The van der Waals surface area contributed by atoms with E-state index in [2.05, 4.69) is 5.10 Å². The fourth-order valence-electron chi connectivity index (χ4n) is 1.80. The van der Waals surface area contributed by atoms with Gasteiger partial charge in [-0.1, -0.05) is 23.7 Å². The fraction of sp³-hybridized carbons (Fsp3) is 0.308. The second-order valence-corrected chi connectivity index (χ2v) is 4.74. The Morgan fingerprint density at radius 1 is 1.29 bits per heavy atom. The van der Waals surface area contributed by atoms with E-state index in [-0.39, 0.29) is 5.56 Å². The van der Waals surface area contributed by atoms with Crippen LogP contribution >= 0.6 is 11.6 Å². The number of benzene rings is 1. The number of nitrogens with one attached hydrogen (secondary N) is 1. The molecule has 17 heavy (non-hydrogen) atoms. The van der Waals surface area contributed by atoms with Gasteiger partial charge in [-0.05, 0) is 38.0 Å². The lowest BCUT2D eigenvalue weighted by Crippen LogP contribution is -2.18. The Morgan fingerprint density at radius 2 is 2.00 bits per heavy atom. The lowest BCUT2D eigenvalue weighted by atomic mass is 10.1. The minimum absolute atomic E-state index is 0.0371. The minimum Gasteiger partial charge on any atom is -0.299 e. The van der Waals surface area contributed by atoms with Crippen LogP contribution in [0.1, 0.15) is 22.4 Å². The van der Waals surface area contributed by atoms with Gasteiger partial charge in [0, 0.05) is 16.3 Å². The Balaban J connectivity index is 2.35. The molecular weight excluding hydrogens is 236 g/mol. The van der Waals surface area contributed by atoms with Gasteiger partial charge in [0.25, 0.3) is 5.56 Å². The highest BCUT2D eigenvalue weighted by Crippen LogP contribution is 2.16. The Hall–Kier alpha value is -1.48. The number of H-pyrrole nitrogens is 1. The molecule has 0 atom stereocenters. The first-order valence-corrected chi connectivity index (χ1v) is 5.88. The Labute approximate surface area is 105 Å². The Bertz CT molecular complexity index is 610. The lowest BCUT2D eigenvalue weighted by Gasteiger charge is -2.04. The Kier molecular flexibility index (Phi) is 3.11. The van der Waals surface area contributed by atoms with Gasteiger partial charge < -0.3 is 0 Å². The largest absolute Gasteiger partial charge is 0.299 e. The van der Waals surface area contributed by atoms with E-state index in [9.17, 15) is 4.79 Å². The molecule has 0 saturated heterocycles. The molecule has 0 aliphatic rings. The maximum atomic E-state index is 11.9. The van der Waals surface area contributed by atoms with E-state index in [1.54, 1.807) is 4.68 Å². The third-order valence-corrected chi connectivity index (χ3v) is 3.42. The summed E-state index contributed by atoms with van der Waals surface area (Å²) in [6.45, 7) is 6.24. The van der Waals surface area contributed by atoms with Gasteiger partial charge in [-0.25, -0.2) is 4.68 Å². The number of rotatable bonds is 2. The highest BCUT2D eigenvalue weighted by Gasteiger charge is 2.07. The van der Waals surface area contributed by atoms with Crippen molar-refractivity contribution in [2.45, 2.75) is 27.3 Å². The summed E-state index contributed by atoms with van der Waals surface area (Å²) in [5.74, 6) is 0. The van der Waals surface area contributed by atoms with Crippen molar-refractivity contribution in [3.05, 3.63) is 56.0 Å². The zero-order chi connectivity index (χ0) is 12.6. The van der Waals surface area contributed by atoms with Crippen molar-refractivity contribution < 1.29 is 0 Å². The molecule has 1 aromatic heterocycles. The van der Waals surface area contributed by atoms with Crippen molar-refractivity contribution in [2.24, 2.45) is 0 Å². The van der Waals surface area contributed by atoms with Gasteiger partial charge in [-0.15, -0.1) is 0 Å². The maximum Gasteiger partial charge on any atom is 0.269 e. The second-order valence-electron chi connectivity index (χ2n) is 4.34. The van der Waals surface area contributed by atoms with E-state index in [4.69, 9.17) is 11.6 Å². The molecule has 0 bridgehead atoms. The molecule has 0 saturated carbocycles. The molecule has 0 aliphatic carbocycles. The van der Waals surface area contributed by atoms with E-state index in [1.807, 2.05) is 39.0 Å². The van der Waals surface area contributed by atoms with Crippen LogP contribution in [0.2, 0.25) is 5.02 Å². The van der Waals surface area contributed by atoms with Crippen LogP contribution in [0.25, 0.3) is 0 Å². The quantitative estimate of drug-likeness (QED) is 0.875. The number of hydrogen-bond donors (Lipinski definition) is 1.